The zero-order valence-corrected chi connectivity index (χ0v) is 13.0. The van der Waals surface area contributed by atoms with E-state index in [4.69, 9.17) is 16.3 Å². The highest BCUT2D eigenvalue weighted by Crippen LogP contribution is 2.42. The molecule has 1 aromatic heterocycles. The van der Waals surface area contributed by atoms with E-state index >= 15 is 0 Å². The number of halogens is 1. The average Bonchev–Trinajstić information content (AvgIpc) is 2.37. The fourth-order valence-electron chi connectivity index (χ4n) is 2.33. The standard InChI is InChI=1S/C12H17ClN2O4S/c1-12(2)9(5-10(12)19-3)15-20(17,18)7-4-8(13)11(16)14-6-7/h4,6,9-10,15H,5H2,1-3H3,(H,14,16). The van der Waals surface area contributed by atoms with Crippen LogP contribution in [0.3, 0.4) is 0 Å². The highest BCUT2D eigenvalue weighted by Gasteiger charge is 2.50. The minimum atomic E-state index is -3.72. The summed E-state index contributed by atoms with van der Waals surface area (Å²) in [5.41, 5.74) is -0.803. The van der Waals surface area contributed by atoms with Crippen LogP contribution < -0.4 is 10.3 Å². The number of sulfonamides is 1. The molecule has 0 bridgehead atoms. The monoisotopic (exact) mass is 320 g/mol. The Morgan fingerprint density at radius 2 is 2.15 bits per heavy atom. The first-order chi connectivity index (χ1) is 9.18. The molecule has 6 nitrogen and oxygen atoms in total. The van der Waals surface area contributed by atoms with Crippen molar-refractivity contribution >= 4 is 21.6 Å². The molecule has 2 unspecified atom stereocenters. The first kappa shape index (κ1) is 15.5. The van der Waals surface area contributed by atoms with Gasteiger partial charge in [-0.1, -0.05) is 25.4 Å². The lowest BCUT2D eigenvalue weighted by Crippen LogP contribution is -2.61. The second-order valence-corrected chi connectivity index (χ2v) is 7.59. The molecule has 0 spiro atoms. The van der Waals surface area contributed by atoms with Crippen molar-refractivity contribution in [1.29, 1.82) is 0 Å². The van der Waals surface area contributed by atoms with Gasteiger partial charge in [0.25, 0.3) is 5.56 Å². The molecule has 0 aromatic carbocycles. The summed E-state index contributed by atoms with van der Waals surface area (Å²) in [5, 5.41) is -0.157. The van der Waals surface area contributed by atoms with E-state index in [0.29, 0.717) is 6.42 Å². The summed E-state index contributed by atoms with van der Waals surface area (Å²) < 4.78 is 32.4. The molecular formula is C12H17ClN2O4S. The summed E-state index contributed by atoms with van der Waals surface area (Å²) in [6.07, 6.45) is 1.77. The normalized spacial score (nSPS) is 25.2. The summed E-state index contributed by atoms with van der Waals surface area (Å²) >= 11 is 5.65. The lowest BCUT2D eigenvalue weighted by atomic mass is 9.65. The van der Waals surface area contributed by atoms with Crippen LogP contribution in [0.1, 0.15) is 20.3 Å². The van der Waals surface area contributed by atoms with E-state index in [9.17, 15) is 13.2 Å². The Bertz CT molecular complexity index is 668. The van der Waals surface area contributed by atoms with Crippen molar-refractivity contribution in [3.63, 3.8) is 0 Å². The van der Waals surface area contributed by atoms with Gasteiger partial charge in [0.2, 0.25) is 10.0 Å². The quantitative estimate of drug-likeness (QED) is 0.870. The largest absolute Gasteiger partial charge is 0.381 e. The molecular weight excluding hydrogens is 304 g/mol. The van der Waals surface area contributed by atoms with Crippen LogP contribution in [-0.2, 0) is 14.8 Å². The number of aromatic amines is 1. The zero-order chi connectivity index (χ0) is 15.1. The van der Waals surface area contributed by atoms with E-state index in [0.717, 1.165) is 12.3 Å². The molecule has 2 rings (SSSR count). The van der Waals surface area contributed by atoms with Crippen molar-refractivity contribution in [3.05, 3.63) is 27.6 Å². The highest BCUT2D eigenvalue weighted by molar-refractivity contribution is 7.89. The first-order valence-electron chi connectivity index (χ1n) is 6.12. The van der Waals surface area contributed by atoms with E-state index < -0.39 is 15.6 Å². The Morgan fingerprint density at radius 1 is 1.50 bits per heavy atom. The van der Waals surface area contributed by atoms with Gasteiger partial charge in [0.1, 0.15) is 5.02 Å². The lowest BCUT2D eigenvalue weighted by molar-refractivity contribution is -0.0908. The van der Waals surface area contributed by atoms with Crippen LogP contribution >= 0.6 is 11.6 Å². The summed E-state index contributed by atoms with van der Waals surface area (Å²) in [6.45, 7) is 3.88. The number of H-pyrrole nitrogens is 1. The van der Waals surface area contributed by atoms with Crippen LogP contribution in [-0.4, -0.2) is 32.7 Å². The first-order valence-corrected chi connectivity index (χ1v) is 7.98. The Labute approximate surface area is 122 Å². The van der Waals surface area contributed by atoms with E-state index in [-0.39, 0.29) is 27.5 Å². The number of hydrogen-bond donors (Lipinski definition) is 2. The average molecular weight is 321 g/mol. The van der Waals surface area contributed by atoms with E-state index in [2.05, 4.69) is 9.71 Å². The number of hydrogen-bond acceptors (Lipinski definition) is 4. The number of ether oxygens (including phenoxy) is 1. The van der Waals surface area contributed by atoms with Crippen LogP contribution in [0.4, 0.5) is 0 Å². The van der Waals surface area contributed by atoms with Gasteiger partial charge < -0.3 is 9.72 Å². The molecule has 1 aliphatic carbocycles. The van der Waals surface area contributed by atoms with Gasteiger partial charge in [-0.3, -0.25) is 4.79 Å². The van der Waals surface area contributed by atoms with E-state index in [1.165, 1.54) is 0 Å². The predicted molar refractivity (Wildman–Crippen MR) is 75.4 cm³/mol. The molecule has 0 radical (unpaired) electrons. The van der Waals surface area contributed by atoms with Gasteiger partial charge in [-0.15, -0.1) is 0 Å². The molecule has 0 saturated heterocycles. The van der Waals surface area contributed by atoms with Crippen molar-refractivity contribution in [2.24, 2.45) is 5.41 Å². The van der Waals surface area contributed by atoms with Crippen molar-refractivity contribution in [3.8, 4) is 0 Å². The fraction of sp³-hybridized carbons (Fsp3) is 0.583. The van der Waals surface area contributed by atoms with Crippen LogP contribution in [0.25, 0.3) is 0 Å². The predicted octanol–water partition coefficient (Wildman–Crippen LogP) is 1.12. The Hall–Kier alpha value is -0.890. The molecule has 1 aromatic rings. The molecule has 112 valence electrons. The van der Waals surface area contributed by atoms with Crippen LogP contribution in [0.2, 0.25) is 5.02 Å². The molecule has 1 saturated carbocycles. The molecule has 0 aliphatic heterocycles. The van der Waals surface area contributed by atoms with Gasteiger partial charge in [-0.2, -0.15) is 0 Å². The lowest BCUT2D eigenvalue weighted by Gasteiger charge is -2.50. The molecule has 8 heteroatoms. The van der Waals surface area contributed by atoms with Crippen molar-refractivity contribution in [2.45, 2.75) is 37.3 Å². The second kappa shape index (κ2) is 5.14. The van der Waals surface area contributed by atoms with Crippen LogP contribution in [0.15, 0.2) is 22.0 Å². The van der Waals surface area contributed by atoms with Crippen LogP contribution in [0.5, 0.6) is 0 Å². The number of rotatable bonds is 4. The smallest absolute Gasteiger partial charge is 0.266 e. The Kier molecular flexibility index (Phi) is 3.98. The van der Waals surface area contributed by atoms with Crippen molar-refractivity contribution in [2.75, 3.05) is 7.11 Å². The third-order valence-corrected chi connectivity index (χ3v) is 5.63. The topological polar surface area (TPSA) is 88.3 Å². The van der Waals surface area contributed by atoms with Crippen molar-refractivity contribution in [1.82, 2.24) is 9.71 Å². The van der Waals surface area contributed by atoms with E-state index in [1.54, 1.807) is 7.11 Å². The van der Waals surface area contributed by atoms with E-state index in [1.807, 2.05) is 13.8 Å². The molecule has 0 amide bonds. The Balaban J connectivity index is 2.21. The minimum Gasteiger partial charge on any atom is -0.381 e. The van der Waals surface area contributed by atoms with Gasteiger partial charge in [0, 0.05) is 24.8 Å². The third-order valence-electron chi connectivity index (χ3n) is 3.90. The van der Waals surface area contributed by atoms with Gasteiger partial charge in [-0.05, 0) is 12.5 Å². The summed E-state index contributed by atoms with van der Waals surface area (Å²) in [6, 6.07) is 0.922. The minimum absolute atomic E-state index is 0.0226. The summed E-state index contributed by atoms with van der Waals surface area (Å²) in [5.74, 6) is 0. The van der Waals surface area contributed by atoms with Gasteiger partial charge in [-0.25, -0.2) is 13.1 Å². The third kappa shape index (κ3) is 2.63. The van der Waals surface area contributed by atoms with Gasteiger partial charge in [0.05, 0.1) is 11.0 Å². The zero-order valence-electron chi connectivity index (χ0n) is 11.4. The maximum Gasteiger partial charge on any atom is 0.266 e. The molecule has 2 N–H and O–H groups in total. The molecule has 20 heavy (non-hydrogen) atoms. The summed E-state index contributed by atoms with van der Waals surface area (Å²) in [4.78, 5) is 13.4. The number of pyridine rings is 1. The van der Waals surface area contributed by atoms with Crippen LogP contribution in [0, 0.1) is 5.41 Å². The number of nitrogens with one attached hydrogen (secondary N) is 2. The molecule has 2 atom stereocenters. The van der Waals surface area contributed by atoms with Gasteiger partial charge >= 0.3 is 0 Å². The maximum absolute atomic E-state index is 12.2. The second-order valence-electron chi connectivity index (χ2n) is 5.47. The molecule has 1 heterocycles. The SMILES string of the molecule is COC1CC(NS(=O)(=O)c2c[nH]c(=O)c(Cl)c2)C1(C)C. The molecule has 1 aliphatic rings. The Morgan fingerprint density at radius 3 is 2.65 bits per heavy atom. The summed E-state index contributed by atoms with van der Waals surface area (Å²) in [7, 11) is -2.11. The highest BCUT2D eigenvalue weighted by atomic mass is 35.5. The van der Waals surface area contributed by atoms with Gasteiger partial charge in [0.15, 0.2) is 0 Å². The molecule has 1 fully saturated rings. The number of aromatic nitrogens is 1. The number of methoxy groups -OCH3 is 1. The maximum atomic E-state index is 12.2. The van der Waals surface area contributed by atoms with Crippen molar-refractivity contribution < 1.29 is 13.2 Å². The fourth-order valence-corrected chi connectivity index (χ4v) is 3.97.